The van der Waals surface area contributed by atoms with E-state index in [0.29, 0.717) is 5.41 Å². The number of rotatable bonds is 5. The summed E-state index contributed by atoms with van der Waals surface area (Å²) >= 11 is 4.41. The molecule has 1 rings (SSSR count). The van der Waals surface area contributed by atoms with E-state index in [0.717, 1.165) is 18.3 Å². The Morgan fingerprint density at radius 1 is 1.33 bits per heavy atom. The summed E-state index contributed by atoms with van der Waals surface area (Å²) in [6, 6.07) is 0. The lowest BCUT2D eigenvalue weighted by Gasteiger charge is -2.36. The maximum absolute atomic E-state index is 5.21. The van der Waals surface area contributed by atoms with Crippen LogP contribution in [0.2, 0.25) is 0 Å². The van der Waals surface area contributed by atoms with E-state index >= 15 is 0 Å². The standard InChI is InChI=1S/C12H25NOS/c1-12(2,10-15)9-13-6-4-11(5-7-13)8-14-3/h11,15H,4-10H2,1-3H3. The number of hydrogen-bond acceptors (Lipinski definition) is 3. The van der Waals surface area contributed by atoms with Gasteiger partial charge in [-0.15, -0.1) is 0 Å². The molecule has 2 nitrogen and oxygen atoms in total. The molecule has 0 radical (unpaired) electrons. The lowest BCUT2D eigenvalue weighted by molar-refractivity contribution is 0.0852. The van der Waals surface area contributed by atoms with E-state index in [9.17, 15) is 0 Å². The van der Waals surface area contributed by atoms with Gasteiger partial charge in [0.15, 0.2) is 0 Å². The molecule has 15 heavy (non-hydrogen) atoms. The van der Waals surface area contributed by atoms with Crippen LogP contribution in [-0.2, 0) is 4.74 Å². The van der Waals surface area contributed by atoms with Crippen molar-refractivity contribution in [2.45, 2.75) is 26.7 Å². The van der Waals surface area contributed by atoms with Gasteiger partial charge in [-0.1, -0.05) is 13.8 Å². The fraction of sp³-hybridized carbons (Fsp3) is 1.00. The lowest BCUT2D eigenvalue weighted by atomic mass is 9.92. The predicted octanol–water partition coefficient (Wildman–Crippen LogP) is 2.30. The minimum atomic E-state index is 0.344. The molecule has 0 aromatic heterocycles. The Hall–Kier alpha value is 0.270. The van der Waals surface area contributed by atoms with Gasteiger partial charge in [-0.2, -0.15) is 12.6 Å². The Kier molecular flexibility index (Phi) is 5.44. The zero-order valence-electron chi connectivity index (χ0n) is 10.3. The summed E-state index contributed by atoms with van der Waals surface area (Å²) in [5, 5.41) is 0. The predicted molar refractivity (Wildman–Crippen MR) is 68.7 cm³/mol. The van der Waals surface area contributed by atoms with Crippen molar-refractivity contribution >= 4 is 12.6 Å². The second kappa shape index (κ2) is 6.12. The number of ether oxygens (including phenoxy) is 1. The van der Waals surface area contributed by atoms with Gasteiger partial charge in [0.05, 0.1) is 0 Å². The van der Waals surface area contributed by atoms with Gasteiger partial charge in [-0.05, 0) is 43.0 Å². The highest BCUT2D eigenvalue weighted by molar-refractivity contribution is 7.80. The summed E-state index contributed by atoms with van der Waals surface area (Å²) < 4.78 is 5.21. The van der Waals surface area contributed by atoms with Gasteiger partial charge in [0.1, 0.15) is 0 Å². The first-order valence-electron chi connectivity index (χ1n) is 5.89. The molecular formula is C12H25NOS. The molecule has 0 spiro atoms. The van der Waals surface area contributed by atoms with Crippen LogP contribution >= 0.6 is 12.6 Å². The Morgan fingerprint density at radius 2 is 1.93 bits per heavy atom. The average molecular weight is 231 g/mol. The number of likely N-dealkylation sites (tertiary alicyclic amines) is 1. The molecular weight excluding hydrogens is 206 g/mol. The van der Waals surface area contributed by atoms with Crippen molar-refractivity contribution < 1.29 is 4.74 Å². The average Bonchev–Trinajstić information content (AvgIpc) is 2.21. The minimum Gasteiger partial charge on any atom is -0.384 e. The van der Waals surface area contributed by atoms with E-state index in [4.69, 9.17) is 4.74 Å². The smallest absolute Gasteiger partial charge is 0.0491 e. The summed E-state index contributed by atoms with van der Waals surface area (Å²) in [6.07, 6.45) is 2.58. The molecule has 1 saturated heterocycles. The number of methoxy groups -OCH3 is 1. The van der Waals surface area contributed by atoms with Crippen LogP contribution in [0.4, 0.5) is 0 Å². The zero-order valence-corrected chi connectivity index (χ0v) is 11.2. The summed E-state index contributed by atoms with van der Waals surface area (Å²) in [6.45, 7) is 9.15. The number of hydrogen-bond donors (Lipinski definition) is 1. The Morgan fingerprint density at radius 3 is 2.40 bits per heavy atom. The van der Waals surface area contributed by atoms with Gasteiger partial charge >= 0.3 is 0 Å². The number of thiol groups is 1. The molecule has 0 saturated carbocycles. The first kappa shape index (κ1) is 13.3. The first-order valence-corrected chi connectivity index (χ1v) is 6.53. The van der Waals surface area contributed by atoms with Crippen molar-refractivity contribution in [3.05, 3.63) is 0 Å². The Bertz CT molecular complexity index is 176. The quantitative estimate of drug-likeness (QED) is 0.729. The third kappa shape index (κ3) is 4.75. The normalized spacial score (nSPS) is 20.8. The van der Waals surface area contributed by atoms with Crippen LogP contribution in [0.25, 0.3) is 0 Å². The molecule has 90 valence electrons. The topological polar surface area (TPSA) is 12.5 Å². The van der Waals surface area contributed by atoms with Crippen LogP contribution in [0.5, 0.6) is 0 Å². The van der Waals surface area contributed by atoms with Crippen LogP contribution < -0.4 is 0 Å². The van der Waals surface area contributed by atoms with Gasteiger partial charge in [0.25, 0.3) is 0 Å². The van der Waals surface area contributed by atoms with Crippen LogP contribution in [0.15, 0.2) is 0 Å². The highest BCUT2D eigenvalue weighted by Gasteiger charge is 2.24. The molecule has 0 N–H and O–H groups in total. The fourth-order valence-corrected chi connectivity index (χ4v) is 2.30. The lowest BCUT2D eigenvalue weighted by Crippen LogP contribution is -2.41. The second-order valence-corrected chi connectivity index (χ2v) is 5.81. The zero-order chi connectivity index (χ0) is 11.3. The van der Waals surface area contributed by atoms with Crippen molar-refractivity contribution in [2.75, 3.05) is 39.1 Å². The molecule has 0 atom stereocenters. The van der Waals surface area contributed by atoms with Crippen molar-refractivity contribution in [1.29, 1.82) is 0 Å². The maximum Gasteiger partial charge on any atom is 0.0491 e. The Balaban J connectivity index is 2.25. The minimum absolute atomic E-state index is 0.344. The van der Waals surface area contributed by atoms with Crippen molar-refractivity contribution in [3.8, 4) is 0 Å². The SMILES string of the molecule is COCC1CCN(CC(C)(C)CS)CC1. The summed E-state index contributed by atoms with van der Waals surface area (Å²) in [5.74, 6) is 1.75. The third-order valence-electron chi connectivity index (χ3n) is 3.19. The van der Waals surface area contributed by atoms with Gasteiger partial charge in [0.2, 0.25) is 0 Å². The van der Waals surface area contributed by atoms with Crippen LogP contribution in [0, 0.1) is 11.3 Å². The largest absolute Gasteiger partial charge is 0.384 e. The fourth-order valence-electron chi connectivity index (χ4n) is 2.20. The molecule has 1 aliphatic heterocycles. The molecule has 0 amide bonds. The van der Waals surface area contributed by atoms with Gasteiger partial charge in [0, 0.05) is 20.3 Å². The van der Waals surface area contributed by atoms with E-state index in [2.05, 4.69) is 31.4 Å². The molecule has 0 aromatic rings. The molecule has 1 heterocycles. The highest BCUT2D eigenvalue weighted by atomic mass is 32.1. The van der Waals surface area contributed by atoms with E-state index < -0.39 is 0 Å². The third-order valence-corrected chi connectivity index (χ3v) is 4.05. The molecule has 0 aliphatic carbocycles. The van der Waals surface area contributed by atoms with E-state index in [1.807, 2.05) is 0 Å². The summed E-state index contributed by atoms with van der Waals surface area (Å²) in [4.78, 5) is 2.57. The van der Waals surface area contributed by atoms with E-state index in [1.165, 1.54) is 32.5 Å². The molecule has 3 heteroatoms. The van der Waals surface area contributed by atoms with Crippen LogP contribution in [0.1, 0.15) is 26.7 Å². The molecule has 0 aromatic carbocycles. The summed E-state index contributed by atoms with van der Waals surface area (Å²) in [7, 11) is 1.80. The number of piperidine rings is 1. The molecule has 0 bridgehead atoms. The monoisotopic (exact) mass is 231 g/mol. The van der Waals surface area contributed by atoms with Crippen LogP contribution in [0.3, 0.4) is 0 Å². The van der Waals surface area contributed by atoms with Crippen molar-refractivity contribution in [1.82, 2.24) is 4.90 Å². The molecule has 1 aliphatic rings. The molecule has 1 fully saturated rings. The first-order chi connectivity index (χ1) is 7.07. The van der Waals surface area contributed by atoms with E-state index in [-0.39, 0.29) is 0 Å². The Labute approximate surface area is 99.8 Å². The number of nitrogens with zero attached hydrogens (tertiary/aromatic N) is 1. The van der Waals surface area contributed by atoms with Gasteiger partial charge in [-0.3, -0.25) is 0 Å². The van der Waals surface area contributed by atoms with Crippen molar-refractivity contribution in [3.63, 3.8) is 0 Å². The van der Waals surface area contributed by atoms with Crippen LogP contribution in [-0.4, -0.2) is 44.0 Å². The van der Waals surface area contributed by atoms with E-state index in [1.54, 1.807) is 7.11 Å². The van der Waals surface area contributed by atoms with Crippen molar-refractivity contribution in [2.24, 2.45) is 11.3 Å². The second-order valence-electron chi connectivity index (χ2n) is 5.50. The van der Waals surface area contributed by atoms with Gasteiger partial charge in [-0.25, -0.2) is 0 Å². The molecule has 0 unspecified atom stereocenters. The maximum atomic E-state index is 5.21. The van der Waals surface area contributed by atoms with Gasteiger partial charge < -0.3 is 9.64 Å². The highest BCUT2D eigenvalue weighted by Crippen LogP contribution is 2.23. The summed E-state index contributed by atoms with van der Waals surface area (Å²) in [5.41, 5.74) is 0.344.